The summed E-state index contributed by atoms with van der Waals surface area (Å²) in [5.74, 6) is -0.148. The number of benzene rings is 2. The largest absolute Gasteiger partial charge is 0.354 e. The number of amides is 1. The molecule has 0 unspecified atom stereocenters. The minimum atomic E-state index is -0.264. The molecule has 3 aromatic rings. The molecule has 5 nitrogen and oxygen atoms in total. The fourth-order valence-corrected chi connectivity index (χ4v) is 3.71. The van der Waals surface area contributed by atoms with Gasteiger partial charge in [0.1, 0.15) is 6.54 Å². The third kappa shape index (κ3) is 3.01. The number of carbonyl (C=O) groups is 1. The number of nitrogens with one attached hydrogen (secondary N) is 1. The van der Waals surface area contributed by atoms with E-state index in [4.69, 9.17) is 0 Å². The van der Waals surface area contributed by atoms with Crippen LogP contribution in [0.25, 0.3) is 11.0 Å². The van der Waals surface area contributed by atoms with E-state index < -0.39 is 0 Å². The summed E-state index contributed by atoms with van der Waals surface area (Å²) in [7, 11) is 0. The van der Waals surface area contributed by atoms with E-state index in [2.05, 4.69) is 22.4 Å². The van der Waals surface area contributed by atoms with Crippen LogP contribution >= 0.6 is 0 Å². The van der Waals surface area contributed by atoms with Gasteiger partial charge in [0.2, 0.25) is 5.91 Å². The summed E-state index contributed by atoms with van der Waals surface area (Å²) in [5, 5.41) is 3.05. The number of aromatic nitrogens is 2. The smallest absolute Gasteiger partial charge is 0.269 e. The molecule has 1 aliphatic carbocycles. The first kappa shape index (κ1) is 16.5. The predicted molar refractivity (Wildman–Crippen MR) is 101 cm³/mol. The fourth-order valence-electron chi connectivity index (χ4n) is 3.71. The highest BCUT2D eigenvalue weighted by Gasteiger charge is 2.38. The Hall–Kier alpha value is -2.95. The van der Waals surface area contributed by atoms with Gasteiger partial charge < -0.3 is 5.32 Å². The summed E-state index contributed by atoms with van der Waals surface area (Å²) in [4.78, 5) is 28.8. The van der Waals surface area contributed by atoms with Crippen molar-refractivity contribution < 1.29 is 4.79 Å². The maximum Gasteiger partial charge on any atom is 0.269 e. The van der Waals surface area contributed by atoms with E-state index in [1.54, 1.807) is 0 Å². The van der Waals surface area contributed by atoms with Gasteiger partial charge >= 0.3 is 0 Å². The first-order valence-electron chi connectivity index (χ1n) is 8.95. The second-order valence-electron chi connectivity index (χ2n) is 6.95. The lowest BCUT2D eigenvalue weighted by atomic mass is 9.64. The van der Waals surface area contributed by atoms with E-state index in [1.807, 2.05) is 42.5 Å². The highest BCUT2D eigenvalue weighted by atomic mass is 16.2. The molecule has 4 rings (SSSR count). The third-order valence-electron chi connectivity index (χ3n) is 5.38. The number of nitrogens with zero attached hydrogens (tertiary/aromatic N) is 2. The van der Waals surface area contributed by atoms with Crippen LogP contribution in [-0.4, -0.2) is 22.0 Å². The number of hydrogen-bond acceptors (Lipinski definition) is 3. The van der Waals surface area contributed by atoms with Crippen LogP contribution in [0.4, 0.5) is 0 Å². The number of para-hydroxylation sites is 2. The van der Waals surface area contributed by atoms with Crippen molar-refractivity contribution in [2.24, 2.45) is 0 Å². The van der Waals surface area contributed by atoms with Crippen molar-refractivity contribution in [1.82, 2.24) is 14.9 Å². The first-order chi connectivity index (χ1) is 12.7. The SMILES string of the molecule is O=C(Cn1c(=O)cnc2ccccc21)NCC1(c2ccccc2)CCC1. The molecule has 0 saturated heterocycles. The molecule has 1 fully saturated rings. The molecule has 5 heteroatoms. The maximum atomic E-state index is 12.5. The molecule has 1 amide bonds. The molecule has 1 saturated carbocycles. The predicted octanol–water partition coefficient (Wildman–Crippen LogP) is 2.63. The van der Waals surface area contributed by atoms with Crippen molar-refractivity contribution in [1.29, 1.82) is 0 Å². The Morgan fingerprint density at radius 3 is 2.54 bits per heavy atom. The van der Waals surface area contributed by atoms with Crippen molar-refractivity contribution in [3.05, 3.63) is 76.7 Å². The van der Waals surface area contributed by atoms with Crippen molar-refractivity contribution in [2.75, 3.05) is 6.54 Å². The zero-order valence-electron chi connectivity index (χ0n) is 14.5. The zero-order valence-corrected chi connectivity index (χ0v) is 14.5. The molecule has 0 bridgehead atoms. The summed E-state index contributed by atoms with van der Waals surface area (Å²) < 4.78 is 1.48. The Morgan fingerprint density at radius 2 is 1.81 bits per heavy atom. The normalized spacial score (nSPS) is 15.4. The molecule has 1 N–H and O–H groups in total. The molecule has 0 aliphatic heterocycles. The molecular weight excluding hydrogens is 326 g/mol. The molecular formula is C21H21N3O2. The quantitative estimate of drug-likeness (QED) is 0.772. The van der Waals surface area contributed by atoms with Crippen molar-refractivity contribution in [3.8, 4) is 0 Å². The second-order valence-corrected chi connectivity index (χ2v) is 6.95. The van der Waals surface area contributed by atoms with E-state index in [-0.39, 0.29) is 23.4 Å². The highest BCUT2D eigenvalue weighted by Crippen LogP contribution is 2.43. The Kier molecular flexibility index (Phi) is 4.29. The summed E-state index contributed by atoms with van der Waals surface area (Å²) in [5.41, 5.74) is 2.43. The van der Waals surface area contributed by atoms with E-state index >= 15 is 0 Å². The number of fused-ring (bicyclic) bond motifs is 1. The first-order valence-corrected chi connectivity index (χ1v) is 8.95. The Labute approximate surface area is 151 Å². The average molecular weight is 347 g/mol. The molecule has 1 aromatic heterocycles. The van der Waals surface area contributed by atoms with Crippen LogP contribution in [0.3, 0.4) is 0 Å². The zero-order chi connectivity index (χ0) is 18.0. The van der Waals surface area contributed by atoms with Gasteiger partial charge in [-0.3, -0.25) is 14.2 Å². The summed E-state index contributed by atoms with van der Waals surface area (Å²) in [6.07, 6.45) is 4.61. The van der Waals surface area contributed by atoms with Crippen molar-refractivity contribution >= 4 is 16.9 Å². The average Bonchev–Trinajstić information content (AvgIpc) is 2.64. The van der Waals surface area contributed by atoms with E-state index in [0.717, 1.165) is 12.8 Å². The van der Waals surface area contributed by atoms with Gasteiger partial charge in [0, 0.05) is 12.0 Å². The standard InChI is InChI=1S/C21H21N3O2/c25-19(14-24-18-10-5-4-9-17(18)22-13-20(24)26)23-15-21(11-6-12-21)16-7-2-1-3-8-16/h1-5,7-10,13H,6,11-12,14-15H2,(H,23,25). The Morgan fingerprint density at radius 1 is 1.08 bits per heavy atom. The van der Waals surface area contributed by atoms with Crippen molar-refractivity contribution in [3.63, 3.8) is 0 Å². The third-order valence-corrected chi connectivity index (χ3v) is 5.38. The van der Waals surface area contributed by atoms with Crippen LogP contribution in [0.15, 0.2) is 65.6 Å². The van der Waals surface area contributed by atoms with Gasteiger partial charge in [-0.15, -0.1) is 0 Å². The van der Waals surface area contributed by atoms with Crippen LogP contribution in [0.1, 0.15) is 24.8 Å². The van der Waals surface area contributed by atoms with Crippen LogP contribution in [0.2, 0.25) is 0 Å². The lowest BCUT2D eigenvalue weighted by Gasteiger charge is -2.42. The van der Waals surface area contributed by atoms with Crippen LogP contribution < -0.4 is 10.9 Å². The molecule has 2 aromatic carbocycles. The van der Waals surface area contributed by atoms with E-state index in [9.17, 15) is 9.59 Å². The molecule has 0 spiro atoms. The van der Waals surface area contributed by atoms with Gasteiger partial charge in [-0.05, 0) is 30.5 Å². The fraction of sp³-hybridized carbons (Fsp3) is 0.286. The van der Waals surface area contributed by atoms with Gasteiger partial charge in [0.15, 0.2) is 0 Å². The summed E-state index contributed by atoms with van der Waals surface area (Å²) in [6, 6.07) is 17.7. The van der Waals surface area contributed by atoms with Crippen molar-refractivity contribution in [2.45, 2.75) is 31.2 Å². The van der Waals surface area contributed by atoms with E-state index in [1.165, 1.54) is 22.7 Å². The second kappa shape index (κ2) is 6.75. The van der Waals surface area contributed by atoms with Crippen LogP contribution in [0.5, 0.6) is 0 Å². The maximum absolute atomic E-state index is 12.5. The number of rotatable bonds is 5. The van der Waals surface area contributed by atoms with Gasteiger partial charge in [0.05, 0.1) is 17.2 Å². The van der Waals surface area contributed by atoms with Crippen LogP contribution in [-0.2, 0) is 16.8 Å². The Balaban J connectivity index is 1.50. The van der Waals surface area contributed by atoms with Crippen LogP contribution in [0, 0.1) is 0 Å². The van der Waals surface area contributed by atoms with Gasteiger partial charge in [-0.2, -0.15) is 0 Å². The topological polar surface area (TPSA) is 64.0 Å². The minimum Gasteiger partial charge on any atom is -0.354 e. The minimum absolute atomic E-state index is 0.00668. The molecule has 0 atom stereocenters. The van der Waals surface area contributed by atoms with E-state index in [0.29, 0.717) is 17.6 Å². The molecule has 132 valence electrons. The lowest BCUT2D eigenvalue weighted by Crippen LogP contribution is -2.46. The monoisotopic (exact) mass is 347 g/mol. The summed E-state index contributed by atoms with van der Waals surface area (Å²) in [6.45, 7) is 0.611. The highest BCUT2D eigenvalue weighted by molar-refractivity contribution is 5.80. The lowest BCUT2D eigenvalue weighted by molar-refractivity contribution is -0.122. The van der Waals surface area contributed by atoms with Gasteiger partial charge in [-0.1, -0.05) is 48.9 Å². The summed E-state index contributed by atoms with van der Waals surface area (Å²) >= 11 is 0. The molecule has 26 heavy (non-hydrogen) atoms. The number of carbonyl (C=O) groups excluding carboxylic acids is 1. The Bertz CT molecular complexity index is 991. The van der Waals surface area contributed by atoms with Gasteiger partial charge in [-0.25, -0.2) is 4.98 Å². The van der Waals surface area contributed by atoms with Gasteiger partial charge in [0.25, 0.3) is 5.56 Å². The molecule has 1 heterocycles. The molecule has 1 aliphatic rings. The number of hydrogen-bond donors (Lipinski definition) is 1. The molecule has 0 radical (unpaired) electrons.